The molecule has 0 aliphatic rings. The van der Waals surface area contributed by atoms with E-state index in [1.165, 1.54) is 0 Å². The van der Waals surface area contributed by atoms with Crippen LogP contribution in [0.2, 0.25) is 0 Å². The van der Waals surface area contributed by atoms with Crippen LogP contribution in [0, 0.1) is 0 Å². The van der Waals surface area contributed by atoms with Crippen LogP contribution in [0.5, 0.6) is 0 Å². The third-order valence-electron chi connectivity index (χ3n) is 2.37. The summed E-state index contributed by atoms with van der Waals surface area (Å²) in [4.78, 5) is 11.0. The highest BCUT2D eigenvalue weighted by atomic mass is 16.5. The lowest BCUT2D eigenvalue weighted by Gasteiger charge is -2.00. The van der Waals surface area contributed by atoms with E-state index in [9.17, 15) is 4.79 Å². The quantitative estimate of drug-likeness (QED) is 0.394. The first-order valence-corrected chi connectivity index (χ1v) is 7.13. The molecule has 0 atom stereocenters. The van der Waals surface area contributed by atoms with Crippen LogP contribution in [-0.4, -0.2) is 24.3 Å². The molecule has 0 rings (SSSR count). The molecule has 0 saturated carbocycles. The van der Waals surface area contributed by atoms with Gasteiger partial charge in [0.25, 0.3) is 0 Å². The lowest BCUT2D eigenvalue weighted by Crippen LogP contribution is -2.04. The highest BCUT2D eigenvalue weighted by Gasteiger charge is 2.01. The van der Waals surface area contributed by atoms with Gasteiger partial charge in [0.05, 0.1) is 13.2 Å². The Kier molecular flexibility index (Phi) is 28.4. The molecule has 128 valence electrons. The Morgan fingerprint density at radius 1 is 1.00 bits per heavy atom. The second-order valence-electron chi connectivity index (χ2n) is 4.39. The predicted octanol–water partition coefficient (Wildman–Crippen LogP) is 5.29. The van der Waals surface area contributed by atoms with Gasteiger partial charge in [-0.15, -0.1) is 0 Å². The molecule has 0 saturated heterocycles. The number of ether oxygens (including phenoxy) is 1. The minimum absolute atomic E-state index is 0. The molecule has 0 bridgehead atoms. The molecule has 0 aliphatic heterocycles. The molecular weight excluding hydrogens is 264 g/mol. The number of carbonyl (C=O) groups is 1. The molecule has 0 aromatic rings. The number of hydrogen-bond donors (Lipinski definition) is 1. The Bertz CT molecular complexity index is 278. The minimum Gasteiger partial charge on any atom is -0.463 e. The first-order valence-electron chi connectivity index (χ1n) is 7.13. The number of carbonyl (C=O) groups excluding carboxylic acids is 1. The summed E-state index contributed by atoms with van der Waals surface area (Å²) in [6, 6.07) is 0. The van der Waals surface area contributed by atoms with E-state index in [0.29, 0.717) is 12.2 Å². The van der Waals surface area contributed by atoms with E-state index in [4.69, 9.17) is 9.84 Å². The van der Waals surface area contributed by atoms with E-state index in [0.717, 1.165) is 31.3 Å². The van der Waals surface area contributed by atoms with Crippen LogP contribution in [0.3, 0.4) is 0 Å². The van der Waals surface area contributed by atoms with Crippen molar-refractivity contribution >= 4 is 5.97 Å². The summed E-state index contributed by atoms with van der Waals surface area (Å²) in [7, 11) is 0. The van der Waals surface area contributed by atoms with Crippen molar-refractivity contribution < 1.29 is 14.6 Å². The lowest BCUT2D eigenvalue weighted by atomic mass is 10.2. The third kappa shape index (κ3) is 21.4. The second kappa shape index (κ2) is 21.2. The van der Waals surface area contributed by atoms with Gasteiger partial charge in [-0.3, -0.25) is 0 Å². The maximum absolute atomic E-state index is 11.0. The molecule has 0 aromatic heterocycles. The molecule has 0 radical (unpaired) electrons. The van der Waals surface area contributed by atoms with Crippen LogP contribution in [0.1, 0.15) is 75.2 Å². The van der Waals surface area contributed by atoms with E-state index in [-0.39, 0.29) is 27.4 Å². The van der Waals surface area contributed by atoms with Crippen LogP contribution in [0.25, 0.3) is 0 Å². The monoisotopic (exact) mass is 302 g/mol. The average molecular weight is 302 g/mol. The van der Waals surface area contributed by atoms with Gasteiger partial charge in [0.15, 0.2) is 0 Å². The minimum atomic E-state index is -0.194. The van der Waals surface area contributed by atoms with E-state index in [2.05, 4.69) is 19.9 Å². The molecule has 1 N–H and O–H groups in total. The summed E-state index contributed by atoms with van der Waals surface area (Å²) in [5.74, 6) is -0.194. The molecule has 21 heavy (non-hydrogen) atoms. The van der Waals surface area contributed by atoms with Crippen molar-refractivity contribution in [1.82, 2.24) is 0 Å². The lowest BCUT2D eigenvalue weighted by molar-refractivity contribution is -0.138. The van der Waals surface area contributed by atoms with Crippen LogP contribution in [0.15, 0.2) is 23.3 Å². The fourth-order valence-electron chi connectivity index (χ4n) is 1.14. The van der Waals surface area contributed by atoms with E-state index in [1.807, 2.05) is 19.9 Å². The maximum atomic E-state index is 11.0. The van der Waals surface area contributed by atoms with Crippen LogP contribution >= 0.6 is 0 Å². The number of aliphatic hydroxyl groups excluding tert-OH is 1. The van der Waals surface area contributed by atoms with E-state index in [1.54, 1.807) is 6.92 Å². The van der Waals surface area contributed by atoms with Crippen LogP contribution in [-0.2, 0) is 9.53 Å². The first kappa shape index (κ1) is 28.1. The summed E-state index contributed by atoms with van der Waals surface area (Å²) in [6.07, 6.45) is 8.25. The molecule has 0 unspecified atom stereocenters. The first-order chi connectivity index (χ1) is 9.03. The van der Waals surface area contributed by atoms with Gasteiger partial charge in [0.2, 0.25) is 0 Å². The number of allylic oxidation sites excluding steroid dienone is 2. The van der Waals surface area contributed by atoms with Gasteiger partial charge < -0.3 is 9.84 Å². The van der Waals surface area contributed by atoms with E-state index >= 15 is 0 Å². The van der Waals surface area contributed by atoms with Crippen molar-refractivity contribution in [2.45, 2.75) is 75.2 Å². The molecule has 0 aliphatic carbocycles. The molecule has 0 spiro atoms. The number of unbranched alkanes of at least 4 members (excludes halogenated alkanes) is 2. The van der Waals surface area contributed by atoms with Gasteiger partial charge in [-0.2, -0.15) is 0 Å². The Labute approximate surface area is 133 Å². The smallest absolute Gasteiger partial charge is 0.333 e. The Hall–Kier alpha value is -1.09. The van der Waals surface area contributed by atoms with Gasteiger partial charge in [-0.1, -0.05) is 59.3 Å². The number of aliphatic hydroxyl groups is 1. The maximum Gasteiger partial charge on any atom is 0.333 e. The Morgan fingerprint density at radius 3 is 1.86 bits per heavy atom. The summed E-state index contributed by atoms with van der Waals surface area (Å²) in [5.41, 5.74) is 1.79. The zero-order chi connectivity index (χ0) is 15.1. The van der Waals surface area contributed by atoms with Crippen molar-refractivity contribution in [2.75, 3.05) is 13.2 Å². The van der Waals surface area contributed by atoms with Crippen LogP contribution < -0.4 is 0 Å². The summed E-state index contributed by atoms with van der Waals surface area (Å²) < 4.78 is 4.79. The highest BCUT2D eigenvalue weighted by Crippen LogP contribution is 2.00. The van der Waals surface area contributed by atoms with Gasteiger partial charge >= 0.3 is 5.97 Å². The number of esters is 1. The van der Waals surface area contributed by atoms with Gasteiger partial charge in [-0.25, -0.2) is 4.79 Å². The highest BCUT2D eigenvalue weighted by molar-refractivity contribution is 5.87. The van der Waals surface area contributed by atoms with Crippen molar-refractivity contribution in [1.29, 1.82) is 0 Å². The topological polar surface area (TPSA) is 46.5 Å². The summed E-state index contributed by atoms with van der Waals surface area (Å²) in [5, 5.41) is 8.49. The zero-order valence-electron chi connectivity index (χ0n) is 13.2. The largest absolute Gasteiger partial charge is 0.463 e. The molecule has 0 heterocycles. The molecule has 0 amide bonds. The average Bonchev–Trinajstić information content (AvgIpc) is 2.42. The predicted molar refractivity (Wildman–Crippen MR) is 94.5 cm³/mol. The normalized spacial score (nSPS) is 10.6. The number of hydrogen-bond acceptors (Lipinski definition) is 3. The molecule has 3 heteroatoms. The Morgan fingerprint density at radius 2 is 1.48 bits per heavy atom. The summed E-state index contributed by atoms with van der Waals surface area (Å²) >= 11 is 0. The number of rotatable bonds is 7. The molecule has 0 fully saturated rings. The fourth-order valence-corrected chi connectivity index (χ4v) is 1.14. The zero-order valence-corrected chi connectivity index (χ0v) is 13.2. The fraction of sp³-hybridized carbons (Fsp3) is 0.722. The Balaban J connectivity index is -0.000000131. The molecular formula is C18H38O3. The van der Waals surface area contributed by atoms with Crippen molar-refractivity contribution in [3.05, 3.63) is 23.3 Å². The van der Waals surface area contributed by atoms with Gasteiger partial charge in [-0.05, 0) is 33.6 Å². The molecule has 0 aromatic carbocycles. The van der Waals surface area contributed by atoms with Crippen molar-refractivity contribution in [2.24, 2.45) is 0 Å². The standard InChI is InChI=1S/C9H16O2.C7H14O.2CH4/c1-4-6-7-8(3)9(10)11-5-2;1-3-4-5-7(2)6-8;;/h7H,4-6H2,1-3H3;5,8H,3-4,6H2,1-2H3;2*1H4/b8-7-;7-5-;;. The molecule has 3 nitrogen and oxygen atoms in total. The summed E-state index contributed by atoms with van der Waals surface area (Å²) in [6.45, 7) is 10.4. The second-order valence-corrected chi connectivity index (χ2v) is 4.39. The van der Waals surface area contributed by atoms with E-state index < -0.39 is 0 Å². The third-order valence-corrected chi connectivity index (χ3v) is 2.37. The van der Waals surface area contributed by atoms with Crippen molar-refractivity contribution in [3.8, 4) is 0 Å². The van der Waals surface area contributed by atoms with Gasteiger partial charge in [0, 0.05) is 5.57 Å². The van der Waals surface area contributed by atoms with Crippen LogP contribution in [0.4, 0.5) is 0 Å². The van der Waals surface area contributed by atoms with Gasteiger partial charge in [0.1, 0.15) is 0 Å². The van der Waals surface area contributed by atoms with Crippen molar-refractivity contribution in [3.63, 3.8) is 0 Å². The SMILES string of the molecule is C.C.CCC/C=C(/C)C(=O)OCC.CCC/C=C(/C)CO.